The monoisotopic (exact) mass is 413 g/mol. The lowest BCUT2D eigenvalue weighted by molar-refractivity contribution is -0.123. The number of rotatable bonds is 7. The van der Waals surface area contributed by atoms with Crippen molar-refractivity contribution in [3.63, 3.8) is 0 Å². The molecule has 2 amide bonds. The van der Waals surface area contributed by atoms with E-state index in [4.69, 9.17) is 11.6 Å². The first-order chi connectivity index (χ1) is 14.0. The van der Waals surface area contributed by atoms with Crippen molar-refractivity contribution < 1.29 is 9.59 Å². The van der Waals surface area contributed by atoms with E-state index >= 15 is 0 Å². The summed E-state index contributed by atoms with van der Waals surface area (Å²) in [6, 6.07) is 12.2. The second-order valence-electron chi connectivity index (χ2n) is 8.02. The van der Waals surface area contributed by atoms with Gasteiger partial charge in [-0.25, -0.2) is 4.98 Å². The standard InChI is InChI=1S/C23H28ClN3O2/c1-16(2)14-20(22(28)26-18-8-6-7-9-18)27(19-10-4-3-5-11-19)23(29)17-12-13-21(24)25-15-17/h3-5,10-13,15-16,18,20H,6-9,14H2,1-2H3,(H,26,28). The van der Waals surface area contributed by atoms with Gasteiger partial charge in [-0.3, -0.25) is 14.5 Å². The summed E-state index contributed by atoms with van der Waals surface area (Å²) in [5, 5.41) is 3.50. The van der Waals surface area contributed by atoms with E-state index < -0.39 is 6.04 Å². The highest BCUT2D eigenvalue weighted by Crippen LogP contribution is 2.25. The number of aromatic nitrogens is 1. The van der Waals surface area contributed by atoms with Crippen LogP contribution in [-0.2, 0) is 4.79 Å². The van der Waals surface area contributed by atoms with Gasteiger partial charge in [-0.1, -0.05) is 56.5 Å². The van der Waals surface area contributed by atoms with Crippen LogP contribution in [0.3, 0.4) is 0 Å². The van der Waals surface area contributed by atoms with E-state index in [1.807, 2.05) is 30.3 Å². The summed E-state index contributed by atoms with van der Waals surface area (Å²) < 4.78 is 0. The zero-order chi connectivity index (χ0) is 20.8. The maximum absolute atomic E-state index is 13.5. The molecule has 3 rings (SSSR count). The lowest BCUT2D eigenvalue weighted by Gasteiger charge is -2.33. The van der Waals surface area contributed by atoms with Crippen LogP contribution in [0.15, 0.2) is 48.7 Å². The largest absolute Gasteiger partial charge is 0.352 e. The maximum atomic E-state index is 13.5. The smallest absolute Gasteiger partial charge is 0.260 e. The molecule has 6 heteroatoms. The molecular formula is C23H28ClN3O2. The van der Waals surface area contributed by atoms with Gasteiger partial charge in [0.1, 0.15) is 11.2 Å². The molecule has 1 aromatic heterocycles. The highest BCUT2D eigenvalue weighted by Gasteiger charge is 2.34. The van der Waals surface area contributed by atoms with Crippen molar-refractivity contribution in [2.24, 2.45) is 5.92 Å². The van der Waals surface area contributed by atoms with Crippen molar-refractivity contribution >= 4 is 29.1 Å². The van der Waals surface area contributed by atoms with Crippen molar-refractivity contribution in [1.29, 1.82) is 0 Å². The Balaban J connectivity index is 1.96. The maximum Gasteiger partial charge on any atom is 0.260 e. The third-order valence-corrected chi connectivity index (χ3v) is 5.46. The van der Waals surface area contributed by atoms with Gasteiger partial charge >= 0.3 is 0 Å². The average molecular weight is 414 g/mol. The Kier molecular flexibility index (Phi) is 7.26. The van der Waals surface area contributed by atoms with Crippen LogP contribution in [0, 0.1) is 5.92 Å². The van der Waals surface area contributed by atoms with Crippen molar-refractivity contribution in [2.45, 2.75) is 58.0 Å². The fourth-order valence-corrected chi connectivity index (χ4v) is 3.92. The molecule has 0 bridgehead atoms. The molecule has 29 heavy (non-hydrogen) atoms. The van der Waals surface area contributed by atoms with Gasteiger partial charge in [-0.2, -0.15) is 0 Å². The van der Waals surface area contributed by atoms with Gasteiger partial charge in [0.05, 0.1) is 5.56 Å². The molecule has 0 radical (unpaired) electrons. The summed E-state index contributed by atoms with van der Waals surface area (Å²) in [6.07, 6.45) is 6.30. The van der Waals surface area contributed by atoms with Gasteiger partial charge in [0.2, 0.25) is 5.91 Å². The van der Waals surface area contributed by atoms with Crippen LogP contribution in [0.4, 0.5) is 5.69 Å². The summed E-state index contributed by atoms with van der Waals surface area (Å²) >= 11 is 5.89. The summed E-state index contributed by atoms with van der Waals surface area (Å²) in [6.45, 7) is 4.13. The van der Waals surface area contributed by atoms with Crippen LogP contribution in [0.2, 0.25) is 5.15 Å². The molecule has 0 spiro atoms. The lowest BCUT2D eigenvalue weighted by Crippen LogP contribution is -2.52. The van der Waals surface area contributed by atoms with E-state index in [1.54, 1.807) is 17.0 Å². The first kappa shape index (κ1) is 21.3. The average Bonchev–Trinajstić information content (AvgIpc) is 3.21. The van der Waals surface area contributed by atoms with Gasteiger partial charge < -0.3 is 5.32 Å². The first-order valence-electron chi connectivity index (χ1n) is 10.3. The Morgan fingerprint density at radius 3 is 2.41 bits per heavy atom. The molecule has 2 aromatic rings. The van der Waals surface area contributed by atoms with Gasteiger partial charge in [0, 0.05) is 17.9 Å². The molecule has 1 aromatic carbocycles. The summed E-state index contributed by atoms with van der Waals surface area (Å²) in [4.78, 5) is 32.4. The van der Waals surface area contributed by atoms with Crippen molar-refractivity contribution in [3.05, 3.63) is 59.4 Å². The van der Waals surface area contributed by atoms with Crippen LogP contribution in [0.5, 0.6) is 0 Å². The number of carbonyl (C=O) groups is 2. The topological polar surface area (TPSA) is 62.3 Å². The number of halogens is 1. The normalized spacial score (nSPS) is 15.3. The number of carbonyl (C=O) groups excluding carboxylic acids is 2. The van der Waals surface area contributed by atoms with Crippen LogP contribution >= 0.6 is 11.6 Å². The number of hydrogen-bond acceptors (Lipinski definition) is 3. The predicted molar refractivity (Wildman–Crippen MR) is 116 cm³/mol. The molecular weight excluding hydrogens is 386 g/mol. The Morgan fingerprint density at radius 1 is 1.14 bits per heavy atom. The lowest BCUT2D eigenvalue weighted by atomic mass is 9.99. The molecule has 1 aliphatic rings. The quantitative estimate of drug-likeness (QED) is 0.659. The Morgan fingerprint density at radius 2 is 1.83 bits per heavy atom. The van der Waals surface area contributed by atoms with E-state index in [-0.39, 0.29) is 23.8 Å². The van der Waals surface area contributed by atoms with Crippen LogP contribution in [0.1, 0.15) is 56.3 Å². The summed E-state index contributed by atoms with van der Waals surface area (Å²) in [7, 11) is 0. The highest BCUT2D eigenvalue weighted by atomic mass is 35.5. The molecule has 1 saturated carbocycles. The third-order valence-electron chi connectivity index (χ3n) is 5.24. The fraction of sp³-hybridized carbons (Fsp3) is 0.435. The number of amides is 2. The zero-order valence-corrected chi connectivity index (χ0v) is 17.7. The van der Waals surface area contributed by atoms with E-state index in [0.29, 0.717) is 22.8 Å². The minimum absolute atomic E-state index is 0.0928. The number of nitrogens with zero attached hydrogens (tertiary/aromatic N) is 2. The van der Waals surface area contributed by atoms with Gasteiger partial charge in [-0.15, -0.1) is 0 Å². The molecule has 0 saturated heterocycles. The minimum atomic E-state index is -0.596. The van der Waals surface area contributed by atoms with Crippen LogP contribution in [-0.4, -0.2) is 28.9 Å². The first-order valence-corrected chi connectivity index (χ1v) is 10.6. The molecule has 1 unspecified atom stereocenters. The number of anilines is 1. The molecule has 1 heterocycles. The highest BCUT2D eigenvalue weighted by molar-refractivity contribution is 6.29. The molecule has 5 nitrogen and oxygen atoms in total. The molecule has 1 atom stereocenters. The number of para-hydroxylation sites is 1. The van der Waals surface area contributed by atoms with Crippen molar-refractivity contribution in [1.82, 2.24) is 10.3 Å². The van der Waals surface area contributed by atoms with Crippen molar-refractivity contribution in [3.8, 4) is 0 Å². The third kappa shape index (κ3) is 5.57. The van der Waals surface area contributed by atoms with Crippen molar-refractivity contribution in [2.75, 3.05) is 4.90 Å². The van der Waals surface area contributed by atoms with E-state index in [9.17, 15) is 9.59 Å². The molecule has 1 fully saturated rings. The Bertz CT molecular complexity index is 818. The van der Waals surface area contributed by atoms with Crippen LogP contribution < -0.4 is 10.2 Å². The molecule has 0 aliphatic heterocycles. The van der Waals surface area contributed by atoms with Gasteiger partial charge in [0.15, 0.2) is 0 Å². The van der Waals surface area contributed by atoms with E-state index in [2.05, 4.69) is 24.1 Å². The Labute approximate surface area is 177 Å². The number of hydrogen-bond donors (Lipinski definition) is 1. The number of pyridine rings is 1. The Hall–Kier alpha value is -2.40. The zero-order valence-electron chi connectivity index (χ0n) is 17.0. The number of nitrogens with one attached hydrogen (secondary N) is 1. The minimum Gasteiger partial charge on any atom is -0.352 e. The molecule has 1 aliphatic carbocycles. The fourth-order valence-electron chi connectivity index (χ4n) is 3.81. The van der Waals surface area contributed by atoms with Crippen LogP contribution in [0.25, 0.3) is 0 Å². The van der Waals surface area contributed by atoms with E-state index in [0.717, 1.165) is 25.7 Å². The second-order valence-corrected chi connectivity index (χ2v) is 8.40. The molecule has 154 valence electrons. The van der Waals surface area contributed by atoms with E-state index in [1.165, 1.54) is 6.20 Å². The predicted octanol–water partition coefficient (Wildman–Crippen LogP) is 4.86. The van der Waals surface area contributed by atoms with Gasteiger partial charge in [-0.05, 0) is 49.4 Å². The summed E-state index contributed by atoms with van der Waals surface area (Å²) in [5.74, 6) is -0.103. The van der Waals surface area contributed by atoms with Gasteiger partial charge in [0.25, 0.3) is 5.91 Å². The molecule has 1 N–H and O–H groups in total. The second kappa shape index (κ2) is 9.88. The number of benzene rings is 1. The SMILES string of the molecule is CC(C)CC(C(=O)NC1CCCC1)N(C(=O)c1ccc(Cl)nc1)c1ccccc1. The summed E-state index contributed by atoms with van der Waals surface area (Å²) in [5.41, 5.74) is 1.10.